The SMILES string of the molecule is NCCNc1cnc(C2CCCC2)nc1-c1ccccc1O. The molecule has 0 saturated heterocycles. The summed E-state index contributed by atoms with van der Waals surface area (Å²) in [5.74, 6) is 1.55. The van der Waals surface area contributed by atoms with Crippen molar-refractivity contribution in [2.75, 3.05) is 18.4 Å². The van der Waals surface area contributed by atoms with E-state index in [2.05, 4.69) is 10.3 Å². The molecule has 1 heterocycles. The van der Waals surface area contributed by atoms with Gasteiger partial charge in [-0.3, -0.25) is 0 Å². The van der Waals surface area contributed by atoms with Crippen molar-refractivity contribution in [1.82, 2.24) is 9.97 Å². The Morgan fingerprint density at radius 2 is 2.00 bits per heavy atom. The van der Waals surface area contributed by atoms with Gasteiger partial charge in [-0.2, -0.15) is 0 Å². The number of hydrogen-bond acceptors (Lipinski definition) is 5. The van der Waals surface area contributed by atoms with Gasteiger partial charge >= 0.3 is 0 Å². The molecular formula is C17H22N4O. The first-order valence-electron chi connectivity index (χ1n) is 7.89. The van der Waals surface area contributed by atoms with Gasteiger partial charge < -0.3 is 16.2 Å². The molecule has 4 N–H and O–H groups in total. The first kappa shape index (κ1) is 14.8. The van der Waals surface area contributed by atoms with Crippen molar-refractivity contribution in [2.45, 2.75) is 31.6 Å². The molecule has 1 saturated carbocycles. The number of phenolic OH excluding ortho intramolecular Hbond substituents is 1. The maximum atomic E-state index is 10.2. The van der Waals surface area contributed by atoms with Gasteiger partial charge in [-0.1, -0.05) is 25.0 Å². The van der Waals surface area contributed by atoms with E-state index in [4.69, 9.17) is 10.7 Å². The van der Waals surface area contributed by atoms with E-state index >= 15 is 0 Å². The summed E-state index contributed by atoms with van der Waals surface area (Å²) in [6.07, 6.45) is 6.60. The average Bonchev–Trinajstić information content (AvgIpc) is 3.08. The lowest BCUT2D eigenvalue weighted by Gasteiger charge is -2.15. The lowest BCUT2D eigenvalue weighted by atomic mass is 10.1. The van der Waals surface area contributed by atoms with Crippen molar-refractivity contribution >= 4 is 5.69 Å². The molecule has 1 aromatic carbocycles. The average molecular weight is 298 g/mol. The highest BCUT2D eigenvalue weighted by molar-refractivity contribution is 5.77. The molecule has 5 nitrogen and oxygen atoms in total. The number of phenols is 1. The van der Waals surface area contributed by atoms with Gasteiger partial charge in [0.1, 0.15) is 17.3 Å². The zero-order chi connectivity index (χ0) is 15.4. The van der Waals surface area contributed by atoms with Crippen molar-refractivity contribution in [3.63, 3.8) is 0 Å². The molecule has 0 amide bonds. The summed E-state index contributed by atoms with van der Waals surface area (Å²) in [4.78, 5) is 9.30. The predicted molar refractivity (Wildman–Crippen MR) is 87.9 cm³/mol. The molecule has 22 heavy (non-hydrogen) atoms. The highest BCUT2D eigenvalue weighted by atomic mass is 16.3. The number of para-hydroxylation sites is 1. The molecule has 2 aromatic rings. The van der Waals surface area contributed by atoms with E-state index in [0.717, 1.165) is 35.6 Å². The van der Waals surface area contributed by atoms with Gasteiger partial charge in [0, 0.05) is 24.6 Å². The van der Waals surface area contributed by atoms with E-state index in [1.54, 1.807) is 6.07 Å². The maximum absolute atomic E-state index is 10.2. The second-order valence-corrected chi connectivity index (χ2v) is 5.70. The Balaban J connectivity index is 2.02. The van der Waals surface area contributed by atoms with E-state index < -0.39 is 0 Å². The number of nitrogens with zero attached hydrogens (tertiary/aromatic N) is 2. The van der Waals surface area contributed by atoms with Gasteiger partial charge in [-0.15, -0.1) is 0 Å². The van der Waals surface area contributed by atoms with Crippen molar-refractivity contribution in [2.24, 2.45) is 5.73 Å². The fraction of sp³-hybridized carbons (Fsp3) is 0.412. The van der Waals surface area contributed by atoms with Crippen LogP contribution in [-0.2, 0) is 0 Å². The van der Waals surface area contributed by atoms with Crippen LogP contribution < -0.4 is 11.1 Å². The Morgan fingerprint density at radius 3 is 2.73 bits per heavy atom. The number of rotatable bonds is 5. The van der Waals surface area contributed by atoms with Crippen LogP contribution in [-0.4, -0.2) is 28.2 Å². The lowest BCUT2D eigenvalue weighted by molar-refractivity contribution is 0.477. The molecule has 0 aliphatic heterocycles. The molecule has 0 atom stereocenters. The molecule has 0 radical (unpaired) electrons. The molecule has 3 rings (SSSR count). The van der Waals surface area contributed by atoms with Crippen molar-refractivity contribution in [1.29, 1.82) is 0 Å². The van der Waals surface area contributed by atoms with E-state index in [1.807, 2.05) is 24.4 Å². The fourth-order valence-electron chi connectivity index (χ4n) is 2.99. The Bertz CT molecular complexity index is 638. The zero-order valence-corrected chi connectivity index (χ0v) is 12.6. The molecule has 1 fully saturated rings. The highest BCUT2D eigenvalue weighted by Gasteiger charge is 2.22. The summed E-state index contributed by atoms with van der Waals surface area (Å²) in [5, 5.41) is 13.4. The number of aromatic nitrogens is 2. The number of aromatic hydroxyl groups is 1. The number of anilines is 1. The maximum Gasteiger partial charge on any atom is 0.132 e. The number of hydrogen-bond donors (Lipinski definition) is 3. The van der Waals surface area contributed by atoms with Gasteiger partial charge in [-0.05, 0) is 25.0 Å². The Kier molecular flexibility index (Phi) is 4.53. The Hall–Kier alpha value is -2.14. The number of nitrogens with one attached hydrogen (secondary N) is 1. The second-order valence-electron chi connectivity index (χ2n) is 5.70. The minimum Gasteiger partial charge on any atom is -0.507 e. The third kappa shape index (κ3) is 3.04. The molecule has 0 spiro atoms. The Morgan fingerprint density at radius 1 is 1.23 bits per heavy atom. The molecule has 1 aliphatic rings. The summed E-state index contributed by atoms with van der Waals surface area (Å²) in [7, 11) is 0. The summed E-state index contributed by atoms with van der Waals surface area (Å²) in [6.45, 7) is 1.18. The van der Waals surface area contributed by atoms with Crippen LogP contribution in [0.1, 0.15) is 37.4 Å². The molecule has 0 bridgehead atoms. The van der Waals surface area contributed by atoms with Gasteiger partial charge in [-0.25, -0.2) is 9.97 Å². The van der Waals surface area contributed by atoms with Crippen LogP contribution >= 0.6 is 0 Å². The predicted octanol–water partition coefficient (Wildman–Crippen LogP) is 2.88. The normalized spacial score (nSPS) is 15.1. The number of benzene rings is 1. The van der Waals surface area contributed by atoms with Crippen LogP contribution in [0.15, 0.2) is 30.5 Å². The van der Waals surface area contributed by atoms with E-state index in [9.17, 15) is 5.11 Å². The first-order chi connectivity index (χ1) is 10.8. The number of nitrogens with two attached hydrogens (primary N) is 1. The van der Waals surface area contributed by atoms with Crippen LogP contribution in [0.3, 0.4) is 0 Å². The monoisotopic (exact) mass is 298 g/mol. The minimum absolute atomic E-state index is 0.231. The van der Waals surface area contributed by atoms with Gasteiger partial charge in [0.25, 0.3) is 0 Å². The quantitative estimate of drug-likeness (QED) is 0.790. The summed E-state index contributed by atoms with van der Waals surface area (Å²) in [5.41, 5.74) is 7.86. The molecule has 0 unspecified atom stereocenters. The van der Waals surface area contributed by atoms with Crippen molar-refractivity contribution in [3.8, 4) is 17.0 Å². The molecule has 5 heteroatoms. The van der Waals surface area contributed by atoms with Crippen molar-refractivity contribution < 1.29 is 5.11 Å². The molecular weight excluding hydrogens is 276 g/mol. The van der Waals surface area contributed by atoms with Crippen LogP contribution in [0.4, 0.5) is 5.69 Å². The third-order valence-corrected chi connectivity index (χ3v) is 4.15. The lowest BCUT2D eigenvalue weighted by Crippen LogP contribution is -2.15. The third-order valence-electron chi connectivity index (χ3n) is 4.15. The van der Waals surface area contributed by atoms with Crippen LogP contribution in [0, 0.1) is 0 Å². The highest BCUT2D eigenvalue weighted by Crippen LogP contribution is 2.36. The second kappa shape index (κ2) is 6.75. The summed E-state index contributed by atoms with van der Waals surface area (Å²) < 4.78 is 0. The van der Waals surface area contributed by atoms with Gasteiger partial charge in [0.05, 0.1) is 11.9 Å². The fourth-order valence-corrected chi connectivity index (χ4v) is 2.99. The molecule has 116 valence electrons. The van der Waals surface area contributed by atoms with Crippen LogP contribution in [0.5, 0.6) is 5.75 Å². The standard InChI is InChI=1S/C17H22N4O/c18-9-10-19-14-11-20-17(12-5-1-2-6-12)21-16(14)13-7-3-4-8-15(13)22/h3-4,7-8,11-12,19,22H,1-2,5-6,9-10,18H2. The van der Waals surface area contributed by atoms with E-state index in [1.165, 1.54) is 12.8 Å². The van der Waals surface area contributed by atoms with Crippen LogP contribution in [0.25, 0.3) is 11.3 Å². The summed E-state index contributed by atoms with van der Waals surface area (Å²) in [6, 6.07) is 7.27. The Labute approximate surface area is 130 Å². The largest absolute Gasteiger partial charge is 0.507 e. The smallest absolute Gasteiger partial charge is 0.132 e. The van der Waals surface area contributed by atoms with Crippen LogP contribution in [0.2, 0.25) is 0 Å². The minimum atomic E-state index is 0.231. The topological polar surface area (TPSA) is 84.1 Å². The molecule has 1 aliphatic carbocycles. The van der Waals surface area contributed by atoms with Crippen molar-refractivity contribution in [3.05, 3.63) is 36.3 Å². The zero-order valence-electron chi connectivity index (χ0n) is 12.6. The van der Waals surface area contributed by atoms with E-state index in [-0.39, 0.29) is 5.75 Å². The summed E-state index contributed by atoms with van der Waals surface area (Å²) >= 11 is 0. The van der Waals surface area contributed by atoms with Gasteiger partial charge in [0.2, 0.25) is 0 Å². The molecule has 1 aromatic heterocycles. The first-order valence-corrected chi connectivity index (χ1v) is 7.89. The van der Waals surface area contributed by atoms with Gasteiger partial charge in [0.15, 0.2) is 0 Å². The van der Waals surface area contributed by atoms with E-state index in [0.29, 0.717) is 19.0 Å².